The van der Waals surface area contributed by atoms with Crippen LogP contribution in [0.2, 0.25) is 0 Å². The zero-order valence-corrected chi connectivity index (χ0v) is 16.8. The molecular formula is C25H28O3. The molecule has 6 aliphatic carbocycles. The lowest BCUT2D eigenvalue weighted by molar-refractivity contribution is -0.166. The number of rotatable bonds is 0. The Balaban J connectivity index is 1.39. The summed E-state index contributed by atoms with van der Waals surface area (Å²) in [6.07, 6.45) is 15.9. The van der Waals surface area contributed by atoms with E-state index in [-0.39, 0.29) is 33.6 Å². The van der Waals surface area contributed by atoms with Crippen molar-refractivity contribution in [2.45, 2.75) is 64.4 Å². The molecule has 0 radical (unpaired) electrons. The fourth-order valence-electron chi connectivity index (χ4n) is 8.92. The van der Waals surface area contributed by atoms with Crippen molar-refractivity contribution >= 4 is 11.8 Å². The van der Waals surface area contributed by atoms with Gasteiger partial charge in [0.25, 0.3) is 0 Å². The molecule has 28 heavy (non-hydrogen) atoms. The van der Waals surface area contributed by atoms with Crippen LogP contribution in [0.1, 0.15) is 58.8 Å². The van der Waals surface area contributed by atoms with Crippen molar-refractivity contribution in [2.24, 2.45) is 39.9 Å². The molecule has 7 unspecified atom stereocenters. The number of ketones is 1. The number of carbonyl (C=O) groups is 2. The predicted molar refractivity (Wildman–Crippen MR) is 104 cm³/mol. The molecule has 0 N–H and O–H groups in total. The highest BCUT2D eigenvalue weighted by Crippen LogP contribution is 2.80. The van der Waals surface area contributed by atoms with E-state index in [0.717, 1.165) is 18.8 Å². The maximum atomic E-state index is 12.2. The van der Waals surface area contributed by atoms with Crippen molar-refractivity contribution < 1.29 is 14.3 Å². The molecule has 5 fully saturated rings. The molecule has 0 bridgehead atoms. The zero-order valence-electron chi connectivity index (χ0n) is 16.8. The van der Waals surface area contributed by atoms with E-state index >= 15 is 0 Å². The number of ether oxygens (including phenoxy) is 1. The fourth-order valence-corrected chi connectivity index (χ4v) is 8.92. The maximum Gasteiger partial charge on any atom is 0.306 e. The van der Waals surface area contributed by atoms with Crippen LogP contribution in [0.15, 0.2) is 35.5 Å². The largest absolute Gasteiger partial charge is 0.458 e. The Morgan fingerprint density at radius 2 is 1.96 bits per heavy atom. The van der Waals surface area contributed by atoms with Gasteiger partial charge in [-0.25, -0.2) is 0 Å². The molecule has 1 aliphatic heterocycles. The third kappa shape index (κ3) is 1.56. The summed E-state index contributed by atoms with van der Waals surface area (Å²) in [5, 5.41) is 0. The normalized spacial score (nSPS) is 53.8. The number of hydrogen-bond donors (Lipinski definition) is 0. The number of esters is 1. The van der Waals surface area contributed by atoms with Gasteiger partial charge >= 0.3 is 5.97 Å². The summed E-state index contributed by atoms with van der Waals surface area (Å²) in [7, 11) is 0. The van der Waals surface area contributed by atoms with Crippen LogP contribution in [0.25, 0.3) is 0 Å². The van der Waals surface area contributed by atoms with Crippen LogP contribution in [0.5, 0.6) is 0 Å². The van der Waals surface area contributed by atoms with Gasteiger partial charge in [-0.3, -0.25) is 9.59 Å². The van der Waals surface area contributed by atoms with Crippen molar-refractivity contribution in [1.29, 1.82) is 0 Å². The van der Waals surface area contributed by atoms with E-state index in [1.807, 2.05) is 6.08 Å². The molecular weight excluding hydrogens is 348 g/mol. The summed E-state index contributed by atoms with van der Waals surface area (Å²) in [6, 6.07) is 0. The summed E-state index contributed by atoms with van der Waals surface area (Å²) in [4.78, 5) is 24.4. The highest BCUT2D eigenvalue weighted by Gasteiger charge is 2.79. The van der Waals surface area contributed by atoms with Gasteiger partial charge in [-0.2, -0.15) is 0 Å². The van der Waals surface area contributed by atoms with Crippen LogP contribution in [-0.4, -0.2) is 17.4 Å². The van der Waals surface area contributed by atoms with Gasteiger partial charge in [0.15, 0.2) is 5.78 Å². The second-order valence-electron chi connectivity index (χ2n) is 11.3. The summed E-state index contributed by atoms with van der Waals surface area (Å²) < 4.78 is 6.19. The van der Waals surface area contributed by atoms with Gasteiger partial charge in [0.05, 0.1) is 0 Å². The third-order valence-electron chi connectivity index (χ3n) is 10.2. The molecule has 1 heterocycles. The highest BCUT2D eigenvalue weighted by atomic mass is 16.6. The van der Waals surface area contributed by atoms with Gasteiger partial charge in [-0.05, 0) is 86.3 Å². The maximum absolute atomic E-state index is 12.2. The molecule has 0 amide bonds. The van der Waals surface area contributed by atoms with Crippen molar-refractivity contribution in [3.63, 3.8) is 0 Å². The number of carbonyl (C=O) groups excluding carboxylic acids is 2. The molecule has 3 nitrogen and oxygen atoms in total. The van der Waals surface area contributed by atoms with Gasteiger partial charge in [-0.1, -0.05) is 24.6 Å². The minimum Gasteiger partial charge on any atom is -0.458 e. The van der Waals surface area contributed by atoms with Crippen molar-refractivity contribution in [2.75, 3.05) is 0 Å². The molecule has 146 valence electrons. The molecule has 0 aromatic carbocycles. The summed E-state index contributed by atoms with van der Waals surface area (Å²) in [5.74, 6) is 2.71. The molecule has 4 saturated carbocycles. The van der Waals surface area contributed by atoms with Crippen molar-refractivity contribution in [3.8, 4) is 0 Å². The van der Waals surface area contributed by atoms with E-state index in [1.165, 1.54) is 31.3 Å². The summed E-state index contributed by atoms with van der Waals surface area (Å²) in [6.45, 7) is 4.79. The first-order valence-corrected chi connectivity index (χ1v) is 11.2. The van der Waals surface area contributed by atoms with E-state index in [0.29, 0.717) is 24.2 Å². The van der Waals surface area contributed by atoms with E-state index < -0.39 is 0 Å². The van der Waals surface area contributed by atoms with Crippen LogP contribution in [0.4, 0.5) is 0 Å². The number of allylic oxidation sites excluding steroid dienone is 6. The average Bonchev–Trinajstić information content (AvgIpc) is 3.55. The van der Waals surface area contributed by atoms with Gasteiger partial charge < -0.3 is 4.74 Å². The van der Waals surface area contributed by atoms with E-state index in [1.54, 1.807) is 11.6 Å². The molecule has 0 aromatic rings. The third-order valence-corrected chi connectivity index (χ3v) is 10.2. The average molecular weight is 376 g/mol. The predicted octanol–water partition coefficient (Wildman–Crippen LogP) is 4.54. The van der Waals surface area contributed by atoms with E-state index in [2.05, 4.69) is 26.0 Å². The van der Waals surface area contributed by atoms with Gasteiger partial charge in [0.2, 0.25) is 0 Å². The summed E-state index contributed by atoms with van der Waals surface area (Å²) >= 11 is 0. The highest BCUT2D eigenvalue weighted by molar-refractivity contribution is 6.01. The van der Waals surface area contributed by atoms with Gasteiger partial charge in [0.1, 0.15) is 5.60 Å². The van der Waals surface area contributed by atoms with E-state index in [4.69, 9.17) is 4.74 Å². The molecule has 0 aromatic heterocycles. The standard InChI is InChI=1S/C25H28O3/c1-22-6-3-14(26)11-19(22)24(9-10-24)13-16-17(22)4-7-23(2)21(16)15-12-18(15)25(23)8-5-20(27)28-25/h3-4,6,11,15-16,18,21H,5,7-10,12-13H2,1-2H3. The monoisotopic (exact) mass is 376 g/mol. The lowest BCUT2D eigenvalue weighted by Crippen LogP contribution is -2.54. The van der Waals surface area contributed by atoms with Crippen LogP contribution in [0, 0.1) is 39.9 Å². The second kappa shape index (κ2) is 4.42. The first-order valence-electron chi connectivity index (χ1n) is 11.2. The van der Waals surface area contributed by atoms with Crippen LogP contribution in [0.3, 0.4) is 0 Å². The molecule has 7 atom stereocenters. The summed E-state index contributed by atoms with van der Waals surface area (Å²) in [5.41, 5.74) is 3.01. The lowest BCUT2D eigenvalue weighted by atomic mass is 9.47. The minimum atomic E-state index is -0.201. The topological polar surface area (TPSA) is 43.4 Å². The first-order chi connectivity index (χ1) is 13.3. The van der Waals surface area contributed by atoms with Crippen LogP contribution >= 0.6 is 0 Å². The van der Waals surface area contributed by atoms with Gasteiger partial charge in [-0.15, -0.1) is 0 Å². The Labute approximate surface area is 166 Å². The Morgan fingerprint density at radius 1 is 1.14 bits per heavy atom. The number of hydrogen-bond acceptors (Lipinski definition) is 3. The molecule has 7 rings (SSSR count). The minimum absolute atomic E-state index is 0.0236. The molecule has 1 saturated heterocycles. The molecule has 7 aliphatic rings. The molecule has 2 spiro atoms. The second-order valence-corrected chi connectivity index (χ2v) is 11.3. The Kier molecular flexibility index (Phi) is 2.55. The zero-order chi connectivity index (χ0) is 19.1. The van der Waals surface area contributed by atoms with Crippen molar-refractivity contribution in [3.05, 3.63) is 35.5 Å². The Morgan fingerprint density at radius 3 is 2.68 bits per heavy atom. The van der Waals surface area contributed by atoms with Crippen molar-refractivity contribution in [1.82, 2.24) is 0 Å². The fraction of sp³-hybridized carbons (Fsp3) is 0.680. The smallest absolute Gasteiger partial charge is 0.306 e. The van der Waals surface area contributed by atoms with E-state index in [9.17, 15) is 9.59 Å². The first kappa shape index (κ1) is 16.2. The quantitative estimate of drug-likeness (QED) is 0.461. The van der Waals surface area contributed by atoms with Crippen LogP contribution < -0.4 is 0 Å². The van der Waals surface area contributed by atoms with Gasteiger partial charge in [0, 0.05) is 23.2 Å². The Hall–Kier alpha value is -1.64. The Bertz CT molecular complexity index is 949. The van der Waals surface area contributed by atoms with Crippen LogP contribution in [-0.2, 0) is 14.3 Å². The lowest BCUT2D eigenvalue weighted by Gasteiger charge is -2.57. The number of fused-ring (bicyclic) bond motifs is 10. The molecule has 3 heteroatoms. The SMILES string of the molecule is CC12C=CC(=O)C=C1C1(CC1)CC1C2=CCC2(C)C1C1CC1C21CCC(=O)O1.